The standard InChI is InChI=1S/C14H19N5O2S2/c1-10-9-12(11(2)22-10)23(20,21)18-8-7-17-14(15)19-13-5-3-4-6-16-13/h3-6,9,18H,7-8H2,1-2H3,(H3,15,16,17,19). The second kappa shape index (κ2) is 7.53. The molecule has 0 radical (unpaired) electrons. The van der Waals surface area contributed by atoms with Gasteiger partial charge < -0.3 is 11.1 Å². The first-order chi connectivity index (χ1) is 10.9. The molecule has 0 unspecified atom stereocenters. The molecular formula is C14H19N5O2S2. The van der Waals surface area contributed by atoms with Crippen LogP contribution in [0.4, 0.5) is 5.82 Å². The summed E-state index contributed by atoms with van der Waals surface area (Å²) < 4.78 is 26.9. The minimum Gasteiger partial charge on any atom is -0.370 e. The van der Waals surface area contributed by atoms with Crippen LogP contribution in [0, 0.1) is 13.8 Å². The molecule has 7 nitrogen and oxygen atoms in total. The maximum atomic E-state index is 12.2. The predicted octanol–water partition coefficient (Wildman–Crippen LogP) is 1.47. The molecule has 9 heteroatoms. The number of hydrogen-bond donors (Lipinski definition) is 3. The van der Waals surface area contributed by atoms with Crippen molar-refractivity contribution in [1.82, 2.24) is 9.71 Å². The number of thiophene rings is 1. The van der Waals surface area contributed by atoms with Crippen molar-refractivity contribution in [2.75, 3.05) is 18.4 Å². The monoisotopic (exact) mass is 353 g/mol. The Bertz CT molecular complexity index is 785. The van der Waals surface area contributed by atoms with Gasteiger partial charge in [-0.1, -0.05) is 6.07 Å². The average molecular weight is 353 g/mol. The number of nitrogens with one attached hydrogen (secondary N) is 2. The molecule has 2 rings (SSSR count). The highest BCUT2D eigenvalue weighted by molar-refractivity contribution is 7.89. The van der Waals surface area contributed by atoms with Crippen LogP contribution in [0.25, 0.3) is 0 Å². The third-order valence-corrected chi connectivity index (χ3v) is 5.57. The molecule has 2 heterocycles. The maximum absolute atomic E-state index is 12.2. The molecule has 0 saturated heterocycles. The van der Waals surface area contributed by atoms with E-state index < -0.39 is 10.0 Å². The topological polar surface area (TPSA) is 109 Å². The smallest absolute Gasteiger partial charge is 0.241 e. The first-order valence-electron chi connectivity index (χ1n) is 6.93. The fraction of sp³-hybridized carbons (Fsp3) is 0.286. The molecule has 0 fully saturated rings. The van der Waals surface area contributed by atoms with Gasteiger partial charge in [0.1, 0.15) is 5.82 Å². The van der Waals surface area contributed by atoms with Crippen molar-refractivity contribution in [2.24, 2.45) is 10.7 Å². The van der Waals surface area contributed by atoms with Gasteiger partial charge in [0, 0.05) is 22.5 Å². The van der Waals surface area contributed by atoms with Gasteiger partial charge in [-0.15, -0.1) is 11.3 Å². The zero-order valence-corrected chi connectivity index (χ0v) is 14.5. The lowest BCUT2D eigenvalue weighted by molar-refractivity contribution is 0.582. The van der Waals surface area contributed by atoms with E-state index in [-0.39, 0.29) is 19.0 Å². The molecule has 0 aromatic carbocycles. The zero-order valence-electron chi connectivity index (χ0n) is 12.9. The van der Waals surface area contributed by atoms with Crippen LogP contribution in [0.15, 0.2) is 40.4 Å². The second-order valence-corrected chi connectivity index (χ2v) is 7.98. The number of aliphatic imine (C=N–C) groups is 1. The van der Waals surface area contributed by atoms with Gasteiger partial charge in [0.15, 0.2) is 5.96 Å². The Balaban J connectivity index is 1.87. The van der Waals surface area contributed by atoms with Crippen molar-refractivity contribution in [3.8, 4) is 0 Å². The predicted molar refractivity (Wildman–Crippen MR) is 93.3 cm³/mol. The van der Waals surface area contributed by atoms with Crippen molar-refractivity contribution >= 4 is 33.1 Å². The maximum Gasteiger partial charge on any atom is 0.241 e. The largest absolute Gasteiger partial charge is 0.370 e. The van der Waals surface area contributed by atoms with Crippen molar-refractivity contribution in [1.29, 1.82) is 0 Å². The lowest BCUT2D eigenvalue weighted by Gasteiger charge is -2.06. The van der Waals surface area contributed by atoms with E-state index in [0.717, 1.165) is 9.75 Å². The number of rotatable bonds is 6. The van der Waals surface area contributed by atoms with Gasteiger partial charge in [-0.05, 0) is 32.0 Å². The van der Waals surface area contributed by atoms with Gasteiger partial charge in [-0.25, -0.2) is 18.1 Å². The van der Waals surface area contributed by atoms with E-state index >= 15 is 0 Å². The molecule has 23 heavy (non-hydrogen) atoms. The molecule has 0 spiro atoms. The number of guanidine groups is 1. The number of pyridine rings is 1. The van der Waals surface area contributed by atoms with Gasteiger partial charge in [-0.2, -0.15) is 0 Å². The van der Waals surface area contributed by atoms with Crippen molar-refractivity contribution in [2.45, 2.75) is 18.7 Å². The van der Waals surface area contributed by atoms with Crippen LogP contribution in [-0.4, -0.2) is 32.5 Å². The van der Waals surface area contributed by atoms with Crippen molar-refractivity contribution < 1.29 is 8.42 Å². The summed E-state index contributed by atoms with van der Waals surface area (Å²) in [5.74, 6) is 0.768. The van der Waals surface area contributed by atoms with Crippen LogP contribution in [0.2, 0.25) is 0 Å². The molecule has 0 bridgehead atoms. The highest BCUT2D eigenvalue weighted by atomic mass is 32.2. The third kappa shape index (κ3) is 5.02. The summed E-state index contributed by atoms with van der Waals surface area (Å²) in [6.07, 6.45) is 1.63. The third-order valence-electron chi connectivity index (χ3n) is 2.89. The number of sulfonamides is 1. The van der Waals surface area contributed by atoms with E-state index in [1.165, 1.54) is 11.3 Å². The lowest BCUT2D eigenvalue weighted by atomic mass is 10.4. The number of aromatic nitrogens is 1. The lowest BCUT2D eigenvalue weighted by Crippen LogP contribution is -2.28. The molecule has 0 aliphatic heterocycles. The molecule has 0 aliphatic carbocycles. The Hall–Kier alpha value is -1.97. The summed E-state index contributed by atoms with van der Waals surface area (Å²) >= 11 is 1.46. The van der Waals surface area contributed by atoms with Gasteiger partial charge in [-0.3, -0.25) is 4.99 Å². The second-order valence-electron chi connectivity index (χ2n) is 4.78. The van der Waals surface area contributed by atoms with E-state index in [0.29, 0.717) is 10.7 Å². The first-order valence-corrected chi connectivity index (χ1v) is 9.23. The summed E-state index contributed by atoms with van der Waals surface area (Å²) in [5.41, 5.74) is 5.72. The normalized spacial score (nSPS) is 12.3. The number of nitrogens with zero attached hydrogens (tertiary/aromatic N) is 2. The molecular weight excluding hydrogens is 334 g/mol. The molecule has 0 atom stereocenters. The quantitative estimate of drug-likeness (QED) is 0.414. The molecule has 4 N–H and O–H groups in total. The van der Waals surface area contributed by atoms with Crippen LogP contribution >= 0.6 is 11.3 Å². The van der Waals surface area contributed by atoms with Crippen LogP contribution in [0.5, 0.6) is 0 Å². The molecule has 124 valence electrons. The molecule has 0 saturated carbocycles. The highest BCUT2D eigenvalue weighted by Gasteiger charge is 2.18. The van der Waals surface area contributed by atoms with Crippen LogP contribution in [0.1, 0.15) is 9.75 Å². The number of nitrogens with two attached hydrogens (primary N) is 1. The Kier molecular flexibility index (Phi) is 5.69. The Morgan fingerprint density at radius 1 is 1.39 bits per heavy atom. The zero-order chi connectivity index (χ0) is 16.9. The fourth-order valence-electron chi connectivity index (χ4n) is 1.92. The van der Waals surface area contributed by atoms with Gasteiger partial charge in [0.2, 0.25) is 10.0 Å². The SMILES string of the molecule is Cc1cc(S(=O)(=O)NCCN=C(N)Nc2ccccn2)c(C)s1. The molecule has 2 aromatic heterocycles. The average Bonchev–Trinajstić information content (AvgIpc) is 2.84. The summed E-state index contributed by atoms with van der Waals surface area (Å²) in [4.78, 5) is 10.2. The Labute approximate surface area is 139 Å². The van der Waals surface area contributed by atoms with Gasteiger partial charge in [0.25, 0.3) is 0 Å². The number of aryl methyl sites for hydroxylation is 2. The minimum atomic E-state index is -3.51. The Morgan fingerprint density at radius 2 is 2.17 bits per heavy atom. The van der Waals surface area contributed by atoms with Crippen LogP contribution in [0.3, 0.4) is 0 Å². The fourth-order valence-corrected chi connectivity index (χ4v) is 4.49. The van der Waals surface area contributed by atoms with Crippen LogP contribution in [-0.2, 0) is 10.0 Å². The Morgan fingerprint density at radius 3 is 2.78 bits per heavy atom. The minimum absolute atomic E-state index is 0.168. The van der Waals surface area contributed by atoms with Crippen molar-refractivity contribution in [3.05, 3.63) is 40.2 Å². The molecule has 2 aromatic rings. The summed E-state index contributed by atoms with van der Waals surface area (Å²) in [7, 11) is -3.51. The van der Waals surface area contributed by atoms with E-state index in [4.69, 9.17) is 5.73 Å². The summed E-state index contributed by atoms with van der Waals surface area (Å²) in [6.45, 7) is 4.07. The number of hydrogen-bond acceptors (Lipinski definition) is 5. The molecule has 0 amide bonds. The highest BCUT2D eigenvalue weighted by Crippen LogP contribution is 2.24. The molecule has 0 aliphatic rings. The summed E-state index contributed by atoms with van der Waals surface area (Å²) in [5, 5.41) is 2.82. The number of anilines is 1. The first kappa shape index (κ1) is 17.4. The van der Waals surface area contributed by atoms with E-state index in [9.17, 15) is 8.42 Å². The van der Waals surface area contributed by atoms with Crippen molar-refractivity contribution in [3.63, 3.8) is 0 Å². The van der Waals surface area contributed by atoms with E-state index in [1.807, 2.05) is 13.0 Å². The van der Waals surface area contributed by atoms with E-state index in [1.54, 1.807) is 31.3 Å². The summed E-state index contributed by atoms with van der Waals surface area (Å²) in [6, 6.07) is 7.04. The van der Waals surface area contributed by atoms with Gasteiger partial charge >= 0.3 is 0 Å². The van der Waals surface area contributed by atoms with E-state index in [2.05, 4.69) is 20.0 Å². The van der Waals surface area contributed by atoms with Crippen LogP contribution < -0.4 is 15.8 Å². The van der Waals surface area contributed by atoms with Gasteiger partial charge in [0.05, 0.1) is 11.4 Å².